The van der Waals surface area contributed by atoms with Crippen molar-refractivity contribution in [3.05, 3.63) is 29.1 Å². The first-order chi connectivity index (χ1) is 5.74. The summed E-state index contributed by atoms with van der Waals surface area (Å²) in [5.41, 5.74) is 3.82. The number of hydrogen-bond donors (Lipinski definition) is 1. The minimum atomic E-state index is 1.00. The molecule has 0 unspecified atom stereocenters. The maximum absolute atomic E-state index is 7.00. The predicted molar refractivity (Wildman–Crippen MR) is 51.2 cm³/mol. The Morgan fingerprint density at radius 2 is 1.92 bits per heavy atom. The van der Waals surface area contributed by atoms with Gasteiger partial charge in [0.05, 0.1) is 0 Å². The number of hydrogen-bond acceptors (Lipinski definition) is 2. The van der Waals surface area contributed by atoms with Gasteiger partial charge < -0.3 is 5.11 Å². The van der Waals surface area contributed by atoms with Crippen molar-refractivity contribution in [2.75, 3.05) is 7.11 Å². The molecular formula is C10H17NO. The van der Waals surface area contributed by atoms with Gasteiger partial charge in [-0.2, -0.15) is 0 Å². The predicted octanol–water partition coefficient (Wildman–Crippen LogP) is 1.87. The maximum Gasteiger partial charge on any atom is 0.0375 e. The van der Waals surface area contributed by atoms with E-state index in [1.807, 2.05) is 13.1 Å². The molecule has 0 fully saturated rings. The lowest BCUT2D eigenvalue weighted by Crippen LogP contribution is -1.89. The van der Waals surface area contributed by atoms with E-state index in [4.69, 9.17) is 5.11 Å². The summed E-state index contributed by atoms with van der Waals surface area (Å²) >= 11 is 0. The van der Waals surface area contributed by atoms with E-state index in [1.165, 1.54) is 11.1 Å². The first kappa shape index (κ1) is 11.1. The molecule has 0 spiro atoms. The second-order valence-corrected chi connectivity index (χ2v) is 2.61. The lowest BCUT2D eigenvalue weighted by atomic mass is 10.1. The zero-order valence-electron chi connectivity index (χ0n) is 8.26. The lowest BCUT2D eigenvalue weighted by molar-refractivity contribution is 0.399. The Kier molecular flexibility index (Phi) is 5.30. The Morgan fingerprint density at radius 1 is 1.33 bits per heavy atom. The van der Waals surface area contributed by atoms with Crippen LogP contribution in [0.2, 0.25) is 0 Å². The van der Waals surface area contributed by atoms with Gasteiger partial charge in [0.25, 0.3) is 0 Å². The van der Waals surface area contributed by atoms with Crippen molar-refractivity contribution in [2.24, 2.45) is 0 Å². The zero-order chi connectivity index (χ0) is 9.56. The topological polar surface area (TPSA) is 33.1 Å². The van der Waals surface area contributed by atoms with Crippen LogP contribution < -0.4 is 0 Å². The molecule has 68 valence electrons. The van der Waals surface area contributed by atoms with Crippen LogP contribution in [0.1, 0.15) is 23.7 Å². The van der Waals surface area contributed by atoms with Crippen LogP contribution in [0, 0.1) is 13.8 Å². The molecule has 1 aromatic heterocycles. The number of aryl methyl sites for hydroxylation is 3. The van der Waals surface area contributed by atoms with Gasteiger partial charge in [0, 0.05) is 19.0 Å². The summed E-state index contributed by atoms with van der Waals surface area (Å²) in [6.07, 6.45) is 3.05. The number of nitrogens with zero attached hydrogens (tertiary/aromatic N) is 1. The highest BCUT2D eigenvalue weighted by molar-refractivity contribution is 5.24. The van der Waals surface area contributed by atoms with Crippen LogP contribution in [-0.2, 0) is 6.42 Å². The van der Waals surface area contributed by atoms with Gasteiger partial charge in [-0.1, -0.05) is 6.92 Å². The number of pyridine rings is 1. The van der Waals surface area contributed by atoms with Crippen molar-refractivity contribution < 1.29 is 5.11 Å². The maximum atomic E-state index is 7.00. The Morgan fingerprint density at radius 3 is 2.33 bits per heavy atom. The minimum Gasteiger partial charge on any atom is -0.400 e. The average molecular weight is 167 g/mol. The summed E-state index contributed by atoms with van der Waals surface area (Å²) in [4.78, 5) is 4.21. The molecule has 12 heavy (non-hydrogen) atoms. The van der Waals surface area contributed by atoms with Crippen LogP contribution in [0.15, 0.2) is 12.3 Å². The van der Waals surface area contributed by atoms with Crippen molar-refractivity contribution in [1.82, 2.24) is 4.98 Å². The van der Waals surface area contributed by atoms with Crippen LogP contribution in [0.4, 0.5) is 0 Å². The Balaban J connectivity index is 0.000000561. The summed E-state index contributed by atoms with van der Waals surface area (Å²) in [5.74, 6) is 0. The molecule has 1 aromatic rings. The van der Waals surface area contributed by atoms with E-state index in [0.717, 1.165) is 19.2 Å². The van der Waals surface area contributed by atoms with Gasteiger partial charge in [-0.3, -0.25) is 4.98 Å². The summed E-state index contributed by atoms with van der Waals surface area (Å²) < 4.78 is 0. The molecule has 1 rings (SSSR count). The fourth-order valence-electron chi connectivity index (χ4n) is 1.09. The highest BCUT2D eigenvalue weighted by atomic mass is 16.2. The van der Waals surface area contributed by atoms with Gasteiger partial charge in [0.2, 0.25) is 0 Å². The number of aliphatic hydroxyl groups excluding tert-OH is 1. The van der Waals surface area contributed by atoms with Gasteiger partial charge in [0.15, 0.2) is 0 Å². The minimum absolute atomic E-state index is 1.00. The zero-order valence-corrected chi connectivity index (χ0v) is 8.26. The molecule has 0 aliphatic rings. The third-order valence-corrected chi connectivity index (χ3v) is 1.74. The number of aromatic nitrogens is 1. The van der Waals surface area contributed by atoms with Crippen LogP contribution in [0.5, 0.6) is 0 Å². The Hall–Kier alpha value is -0.890. The molecule has 0 aliphatic heterocycles. The van der Waals surface area contributed by atoms with Crippen molar-refractivity contribution in [3.63, 3.8) is 0 Å². The van der Waals surface area contributed by atoms with E-state index in [9.17, 15) is 0 Å². The monoisotopic (exact) mass is 167 g/mol. The first-order valence-electron chi connectivity index (χ1n) is 4.11. The average Bonchev–Trinajstić information content (AvgIpc) is 2.08. The lowest BCUT2D eigenvalue weighted by Gasteiger charge is -2.01. The third kappa shape index (κ3) is 3.01. The molecule has 0 radical (unpaired) electrons. The summed E-state index contributed by atoms with van der Waals surface area (Å²) in [6, 6.07) is 2.12. The molecule has 0 saturated heterocycles. The standard InChI is InChI=1S/C9H13N.CH4O/c1-4-9-6-10-8(3)5-7(9)2;1-2/h5-6H,4H2,1-3H3;2H,1H3. The molecule has 0 amide bonds. The first-order valence-corrected chi connectivity index (χ1v) is 4.11. The van der Waals surface area contributed by atoms with Crippen LogP contribution in [0.3, 0.4) is 0 Å². The van der Waals surface area contributed by atoms with Gasteiger partial charge in [-0.25, -0.2) is 0 Å². The third-order valence-electron chi connectivity index (χ3n) is 1.74. The van der Waals surface area contributed by atoms with Crippen LogP contribution in [0.25, 0.3) is 0 Å². The molecule has 1 heterocycles. The van der Waals surface area contributed by atoms with Crippen molar-refractivity contribution in [2.45, 2.75) is 27.2 Å². The highest BCUT2D eigenvalue weighted by Gasteiger charge is 1.94. The smallest absolute Gasteiger partial charge is 0.0375 e. The molecule has 0 bridgehead atoms. The highest BCUT2D eigenvalue weighted by Crippen LogP contribution is 2.07. The fraction of sp³-hybridized carbons (Fsp3) is 0.500. The van der Waals surface area contributed by atoms with E-state index in [-0.39, 0.29) is 0 Å². The largest absolute Gasteiger partial charge is 0.400 e. The van der Waals surface area contributed by atoms with Gasteiger partial charge in [0.1, 0.15) is 0 Å². The fourth-order valence-corrected chi connectivity index (χ4v) is 1.09. The van der Waals surface area contributed by atoms with Crippen molar-refractivity contribution in [1.29, 1.82) is 0 Å². The molecule has 0 aliphatic carbocycles. The molecule has 2 heteroatoms. The van der Waals surface area contributed by atoms with E-state index in [0.29, 0.717) is 0 Å². The molecular weight excluding hydrogens is 150 g/mol. The Bertz CT molecular complexity index is 233. The summed E-state index contributed by atoms with van der Waals surface area (Å²) in [7, 11) is 1.00. The Labute approximate surface area is 74.3 Å². The SMILES string of the molecule is CCc1cnc(C)cc1C.CO. The van der Waals surface area contributed by atoms with Gasteiger partial charge >= 0.3 is 0 Å². The molecule has 0 aromatic carbocycles. The number of rotatable bonds is 1. The van der Waals surface area contributed by atoms with E-state index < -0.39 is 0 Å². The summed E-state index contributed by atoms with van der Waals surface area (Å²) in [5, 5.41) is 7.00. The second kappa shape index (κ2) is 5.72. The van der Waals surface area contributed by atoms with Crippen LogP contribution >= 0.6 is 0 Å². The molecule has 0 saturated carbocycles. The van der Waals surface area contributed by atoms with E-state index in [1.54, 1.807) is 0 Å². The molecule has 2 nitrogen and oxygen atoms in total. The second-order valence-electron chi connectivity index (χ2n) is 2.61. The van der Waals surface area contributed by atoms with Crippen molar-refractivity contribution in [3.8, 4) is 0 Å². The van der Waals surface area contributed by atoms with Crippen molar-refractivity contribution >= 4 is 0 Å². The van der Waals surface area contributed by atoms with E-state index in [2.05, 4.69) is 24.9 Å². The van der Waals surface area contributed by atoms with Gasteiger partial charge in [-0.15, -0.1) is 0 Å². The normalized spacial score (nSPS) is 8.75. The quantitative estimate of drug-likeness (QED) is 0.692. The molecule has 0 atom stereocenters. The van der Waals surface area contributed by atoms with Gasteiger partial charge in [-0.05, 0) is 37.5 Å². The van der Waals surface area contributed by atoms with Crippen LogP contribution in [-0.4, -0.2) is 17.2 Å². The van der Waals surface area contributed by atoms with E-state index >= 15 is 0 Å². The molecule has 1 N–H and O–H groups in total. The number of aliphatic hydroxyl groups is 1. The summed E-state index contributed by atoms with van der Waals surface area (Å²) in [6.45, 7) is 6.30.